The first-order valence-corrected chi connectivity index (χ1v) is 8.11. The number of aryl methyl sites for hydroxylation is 1. The van der Waals surface area contributed by atoms with Crippen molar-refractivity contribution in [3.05, 3.63) is 30.4 Å². The van der Waals surface area contributed by atoms with Gasteiger partial charge < -0.3 is 4.90 Å². The average molecular weight is 314 g/mol. The summed E-state index contributed by atoms with van der Waals surface area (Å²) in [6.07, 6.45) is 5.61. The van der Waals surface area contributed by atoms with Crippen LogP contribution in [-0.4, -0.2) is 80.1 Å². The lowest BCUT2D eigenvalue weighted by atomic mass is 10.1. The summed E-state index contributed by atoms with van der Waals surface area (Å²) in [7, 11) is 1.91. The topological polar surface area (TPSA) is 66.2 Å². The lowest BCUT2D eigenvalue weighted by Gasteiger charge is -2.48. The Labute approximate surface area is 135 Å². The number of aromatic nitrogens is 5. The zero-order chi connectivity index (χ0) is 15.6. The van der Waals surface area contributed by atoms with Gasteiger partial charge in [0.15, 0.2) is 0 Å². The quantitative estimate of drug-likeness (QED) is 0.761. The Hall–Kier alpha value is -2.06. The summed E-state index contributed by atoms with van der Waals surface area (Å²) in [5.74, 6) is 0.852. The van der Waals surface area contributed by atoms with Gasteiger partial charge in [0.2, 0.25) is 5.95 Å². The van der Waals surface area contributed by atoms with Crippen LogP contribution in [0.4, 0.5) is 5.95 Å². The van der Waals surface area contributed by atoms with Crippen LogP contribution in [0, 0.1) is 0 Å². The minimum absolute atomic E-state index is 0.672. The van der Waals surface area contributed by atoms with E-state index < -0.39 is 0 Å². The molecule has 0 aliphatic carbocycles. The standard InChI is InChI=1S/C15H22N8/c1-20-9-13(18-19-20)10-21-11-14(12-21)22-5-7-23(8-6-22)15-16-3-2-4-17-15/h2-4,9,14H,5-8,10-12H2,1H3. The zero-order valence-electron chi connectivity index (χ0n) is 13.4. The first-order valence-electron chi connectivity index (χ1n) is 8.11. The average Bonchev–Trinajstić information content (AvgIpc) is 2.97. The van der Waals surface area contributed by atoms with Crippen LogP contribution in [0.25, 0.3) is 0 Å². The second-order valence-corrected chi connectivity index (χ2v) is 6.30. The SMILES string of the molecule is Cn1cc(CN2CC(N3CCN(c4ncccn4)CC3)C2)nn1. The zero-order valence-corrected chi connectivity index (χ0v) is 13.4. The van der Waals surface area contributed by atoms with Crippen molar-refractivity contribution in [3.8, 4) is 0 Å². The molecular formula is C15H22N8. The fraction of sp³-hybridized carbons (Fsp3) is 0.600. The Kier molecular flexibility index (Phi) is 3.92. The van der Waals surface area contributed by atoms with Crippen molar-refractivity contribution >= 4 is 5.95 Å². The lowest BCUT2D eigenvalue weighted by molar-refractivity contribution is 0.0247. The molecule has 8 heteroatoms. The van der Waals surface area contributed by atoms with Gasteiger partial charge in [-0.25, -0.2) is 9.97 Å². The molecule has 0 amide bonds. The molecule has 2 aliphatic heterocycles. The number of anilines is 1. The Morgan fingerprint density at radius 2 is 1.83 bits per heavy atom. The van der Waals surface area contributed by atoms with E-state index in [1.807, 2.05) is 31.7 Å². The fourth-order valence-corrected chi connectivity index (χ4v) is 3.34. The van der Waals surface area contributed by atoms with E-state index in [0.717, 1.165) is 57.5 Å². The van der Waals surface area contributed by atoms with Gasteiger partial charge in [-0.05, 0) is 6.07 Å². The molecule has 2 aliphatic rings. The number of nitrogens with zero attached hydrogens (tertiary/aromatic N) is 8. The van der Waals surface area contributed by atoms with Gasteiger partial charge >= 0.3 is 0 Å². The lowest BCUT2D eigenvalue weighted by Crippen LogP contribution is -2.62. The number of piperazine rings is 1. The molecule has 23 heavy (non-hydrogen) atoms. The Morgan fingerprint density at radius 3 is 2.48 bits per heavy atom. The monoisotopic (exact) mass is 314 g/mol. The molecule has 8 nitrogen and oxygen atoms in total. The highest BCUT2D eigenvalue weighted by Crippen LogP contribution is 2.19. The molecule has 0 atom stereocenters. The Morgan fingerprint density at radius 1 is 1.09 bits per heavy atom. The van der Waals surface area contributed by atoms with E-state index in [0.29, 0.717) is 6.04 Å². The first-order chi connectivity index (χ1) is 11.3. The minimum atomic E-state index is 0.672. The smallest absolute Gasteiger partial charge is 0.225 e. The Balaban J connectivity index is 1.23. The summed E-state index contributed by atoms with van der Waals surface area (Å²) >= 11 is 0. The summed E-state index contributed by atoms with van der Waals surface area (Å²) in [5, 5.41) is 8.14. The minimum Gasteiger partial charge on any atom is -0.338 e. The molecule has 0 aromatic carbocycles. The van der Waals surface area contributed by atoms with Crippen molar-refractivity contribution in [2.24, 2.45) is 7.05 Å². The largest absolute Gasteiger partial charge is 0.338 e. The normalized spacial score (nSPS) is 20.7. The number of likely N-dealkylation sites (tertiary alicyclic amines) is 1. The van der Waals surface area contributed by atoms with Crippen LogP contribution >= 0.6 is 0 Å². The second kappa shape index (κ2) is 6.21. The summed E-state index contributed by atoms with van der Waals surface area (Å²) in [4.78, 5) is 16.0. The maximum Gasteiger partial charge on any atom is 0.225 e. The highest BCUT2D eigenvalue weighted by molar-refractivity contribution is 5.29. The number of rotatable bonds is 4. The summed E-state index contributed by atoms with van der Waals surface area (Å²) in [6.45, 7) is 7.33. The molecule has 0 bridgehead atoms. The van der Waals surface area contributed by atoms with Crippen LogP contribution in [0.2, 0.25) is 0 Å². The Bertz CT molecular complexity index is 628. The van der Waals surface area contributed by atoms with Gasteiger partial charge in [0.05, 0.1) is 5.69 Å². The predicted molar refractivity (Wildman–Crippen MR) is 85.9 cm³/mol. The van der Waals surface area contributed by atoms with E-state index in [9.17, 15) is 0 Å². The van der Waals surface area contributed by atoms with E-state index in [-0.39, 0.29) is 0 Å². The fourth-order valence-electron chi connectivity index (χ4n) is 3.34. The van der Waals surface area contributed by atoms with Crippen molar-refractivity contribution in [1.29, 1.82) is 0 Å². The van der Waals surface area contributed by atoms with Crippen molar-refractivity contribution in [2.45, 2.75) is 12.6 Å². The molecule has 0 radical (unpaired) electrons. The third-order valence-electron chi connectivity index (χ3n) is 4.64. The molecule has 0 spiro atoms. The van der Waals surface area contributed by atoms with E-state index in [1.165, 1.54) is 0 Å². The maximum absolute atomic E-state index is 4.34. The van der Waals surface area contributed by atoms with Crippen LogP contribution in [0.1, 0.15) is 5.69 Å². The van der Waals surface area contributed by atoms with Gasteiger partial charge in [0.1, 0.15) is 0 Å². The highest BCUT2D eigenvalue weighted by atomic mass is 15.4. The summed E-state index contributed by atoms with van der Waals surface area (Å²) < 4.78 is 1.76. The molecule has 122 valence electrons. The van der Waals surface area contributed by atoms with Gasteiger partial charge in [-0.2, -0.15) is 0 Å². The number of hydrogen-bond acceptors (Lipinski definition) is 7. The number of hydrogen-bond donors (Lipinski definition) is 0. The molecule has 4 heterocycles. The van der Waals surface area contributed by atoms with E-state index >= 15 is 0 Å². The van der Waals surface area contributed by atoms with Crippen molar-refractivity contribution in [1.82, 2.24) is 34.8 Å². The van der Waals surface area contributed by atoms with Crippen LogP contribution < -0.4 is 4.90 Å². The van der Waals surface area contributed by atoms with Crippen molar-refractivity contribution in [3.63, 3.8) is 0 Å². The van der Waals surface area contributed by atoms with Gasteiger partial charge in [0.25, 0.3) is 0 Å². The van der Waals surface area contributed by atoms with Crippen LogP contribution in [0.5, 0.6) is 0 Å². The van der Waals surface area contributed by atoms with Gasteiger partial charge in [-0.15, -0.1) is 5.10 Å². The van der Waals surface area contributed by atoms with Crippen molar-refractivity contribution < 1.29 is 0 Å². The van der Waals surface area contributed by atoms with Crippen molar-refractivity contribution in [2.75, 3.05) is 44.2 Å². The first kappa shape index (κ1) is 14.5. The highest BCUT2D eigenvalue weighted by Gasteiger charge is 2.33. The van der Waals surface area contributed by atoms with Gasteiger partial charge in [0, 0.05) is 77.5 Å². The van der Waals surface area contributed by atoms with Gasteiger partial charge in [-0.1, -0.05) is 5.21 Å². The van der Waals surface area contributed by atoms with Crippen LogP contribution in [-0.2, 0) is 13.6 Å². The molecule has 0 unspecified atom stereocenters. The third-order valence-corrected chi connectivity index (χ3v) is 4.64. The van der Waals surface area contributed by atoms with E-state index in [2.05, 4.69) is 35.0 Å². The molecule has 2 saturated heterocycles. The third kappa shape index (κ3) is 3.18. The molecule has 2 aromatic rings. The van der Waals surface area contributed by atoms with Crippen LogP contribution in [0.15, 0.2) is 24.7 Å². The van der Waals surface area contributed by atoms with Gasteiger partial charge in [-0.3, -0.25) is 14.5 Å². The molecule has 4 rings (SSSR count). The predicted octanol–water partition coefficient (Wildman–Crippen LogP) is -0.388. The second-order valence-electron chi connectivity index (χ2n) is 6.30. The molecule has 0 saturated carbocycles. The molecule has 0 N–H and O–H groups in total. The summed E-state index contributed by atoms with van der Waals surface area (Å²) in [5.41, 5.74) is 1.05. The molecule has 2 fully saturated rings. The molecule has 2 aromatic heterocycles. The van der Waals surface area contributed by atoms with E-state index in [4.69, 9.17) is 0 Å². The van der Waals surface area contributed by atoms with Crippen LogP contribution in [0.3, 0.4) is 0 Å². The van der Waals surface area contributed by atoms with E-state index in [1.54, 1.807) is 4.68 Å². The maximum atomic E-state index is 4.34. The summed E-state index contributed by atoms with van der Waals surface area (Å²) in [6, 6.07) is 2.53. The molecular weight excluding hydrogens is 292 g/mol.